The van der Waals surface area contributed by atoms with E-state index in [2.05, 4.69) is 69.9 Å². The van der Waals surface area contributed by atoms with Gasteiger partial charge in [-0.25, -0.2) is 0 Å². The van der Waals surface area contributed by atoms with E-state index >= 15 is 0 Å². The van der Waals surface area contributed by atoms with Crippen molar-refractivity contribution in [2.45, 2.75) is 33.2 Å². The first-order valence-electron chi connectivity index (χ1n) is 8.26. The quantitative estimate of drug-likeness (QED) is 0.684. The Morgan fingerprint density at radius 2 is 1.52 bits per heavy atom. The summed E-state index contributed by atoms with van der Waals surface area (Å²) in [6, 6.07) is 10.8. The molecule has 21 heavy (non-hydrogen) atoms. The highest BCUT2D eigenvalue weighted by Gasteiger charge is 2.29. The summed E-state index contributed by atoms with van der Waals surface area (Å²) in [4.78, 5) is 5.25. The molecule has 1 fully saturated rings. The number of hydrogen-bond acceptors (Lipinski definition) is 2. The fraction of sp³-hybridized carbons (Fsp3) is 0.667. The first-order chi connectivity index (χ1) is 10.2. The molecular formula is C18H29BrN2. The molecule has 0 spiro atoms. The van der Waals surface area contributed by atoms with Gasteiger partial charge in [0, 0.05) is 44.6 Å². The minimum absolute atomic E-state index is 0.460. The lowest BCUT2D eigenvalue weighted by molar-refractivity contribution is 0.0858. The van der Waals surface area contributed by atoms with E-state index in [-0.39, 0.29) is 0 Å². The lowest BCUT2D eigenvalue weighted by Gasteiger charge is -2.40. The van der Waals surface area contributed by atoms with Gasteiger partial charge < -0.3 is 4.90 Å². The van der Waals surface area contributed by atoms with Crippen molar-refractivity contribution in [3.8, 4) is 0 Å². The maximum atomic E-state index is 3.74. The summed E-state index contributed by atoms with van der Waals surface area (Å²) in [5.41, 5.74) is 1.89. The minimum Gasteiger partial charge on any atom is -0.300 e. The molecule has 2 rings (SSSR count). The highest BCUT2D eigenvalue weighted by Crippen LogP contribution is 2.30. The lowest BCUT2D eigenvalue weighted by atomic mass is 9.84. The van der Waals surface area contributed by atoms with Crippen LogP contribution in [0.4, 0.5) is 0 Å². The predicted molar refractivity (Wildman–Crippen MR) is 95.0 cm³/mol. The third-order valence-corrected chi connectivity index (χ3v) is 6.25. The van der Waals surface area contributed by atoms with Crippen molar-refractivity contribution in [1.82, 2.24) is 9.80 Å². The van der Waals surface area contributed by atoms with Gasteiger partial charge in [0.15, 0.2) is 0 Å². The summed E-state index contributed by atoms with van der Waals surface area (Å²) < 4.78 is 0. The Labute approximate surface area is 138 Å². The molecule has 1 aliphatic heterocycles. The van der Waals surface area contributed by atoms with Crippen LogP contribution in [0.1, 0.15) is 32.3 Å². The fourth-order valence-corrected chi connectivity index (χ4v) is 4.10. The van der Waals surface area contributed by atoms with E-state index in [4.69, 9.17) is 0 Å². The largest absolute Gasteiger partial charge is 0.300 e. The zero-order valence-electron chi connectivity index (χ0n) is 13.5. The van der Waals surface area contributed by atoms with Crippen molar-refractivity contribution >= 4 is 15.9 Å². The summed E-state index contributed by atoms with van der Waals surface area (Å²) in [6.07, 6.45) is 2.53. The molecule has 1 saturated heterocycles. The van der Waals surface area contributed by atoms with Crippen LogP contribution in [0, 0.1) is 5.41 Å². The van der Waals surface area contributed by atoms with Gasteiger partial charge in [0.2, 0.25) is 0 Å². The molecular weight excluding hydrogens is 324 g/mol. The van der Waals surface area contributed by atoms with Gasteiger partial charge in [-0.3, -0.25) is 4.90 Å². The normalized spacial score (nSPS) is 18.0. The maximum Gasteiger partial charge on any atom is 0.0234 e. The van der Waals surface area contributed by atoms with E-state index in [0.29, 0.717) is 5.41 Å². The topological polar surface area (TPSA) is 6.48 Å². The number of alkyl halides is 1. The molecule has 0 aliphatic carbocycles. The zero-order chi connectivity index (χ0) is 15.1. The molecule has 2 nitrogen and oxygen atoms in total. The van der Waals surface area contributed by atoms with Crippen LogP contribution in [0.2, 0.25) is 0 Å². The highest BCUT2D eigenvalue weighted by atomic mass is 79.9. The molecule has 0 amide bonds. The fourth-order valence-electron chi connectivity index (χ4n) is 3.13. The monoisotopic (exact) mass is 352 g/mol. The molecule has 1 aromatic carbocycles. The van der Waals surface area contributed by atoms with E-state index in [1.54, 1.807) is 0 Å². The molecule has 0 aromatic heterocycles. The molecule has 1 aromatic rings. The summed E-state index contributed by atoms with van der Waals surface area (Å²) in [6.45, 7) is 11.8. The second-order valence-corrected chi connectivity index (χ2v) is 6.94. The Hall–Kier alpha value is -0.380. The Morgan fingerprint density at radius 1 is 0.952 bits per heavy atom. The van der Waals surface area contributed by atoms with E-state index in [9.17, 15) is 0 Å². The van der Waals surface area contributed by atoms with E-state index in [0.717, 1.165) is 11.9 Å². The Bertz CT molecular complexity index is 387. The smallest absolute Gasteiger partial charge is 0.0234 e. The van der Waals surface area contributed by atoms with E-state index in [1.807, 2.05) is 0 Å². The second kappa shape index (κ2) is 8.30. The van der Waals surface area contributed by atoms with Crippen molar-refractivity contribution in [3.05, 3.63) is 35.9 Å². The van der Waals surface area contributed by atoms with Crippen LogP contribution < -0.4 is 0 Å². The third kappa shape index (κ3) is 4.80. The van der Waals surface area contributed by atoms with Crippen molar-refractivity contribution in [1.29, 1.82) is 0 Å². The predicted octanol–water partition coefficient (Wildman–Crippen LogP) is 4.01. The van der Waals surface area contributed by atoms with Gasteiger partial charge in [-0.05, 0) is 23.8 Å². The summed E-state index contributed by atoms with van der Waals surface area (Å²) >= 11 is 3.74. The average Bonchev–Trinajstić information content (AvgIpc) is 2.55. The number of piperazine rings is 1. The first kappa shape index (κ1) is 17.0. The molecule has 0 radical (unpaired) electrons. The molecule has 0 N–H and O–H groups in total. The van der Waals surface area contributed by atoms with Gasteiger partial charge in [-0.2, -0.15) is 0 Å². The first-order valence-corrected chi connectivity index (χ1v) is 9.38. The molecule has 118 valence electrons. The number of rotatable bonds is 7. The molecule has 0 atom stereocenters. The SMILES string of the molecule is CCC(CC)(CBr)CN1CCN(Cc2ccccc2)CC1. The maximum absolute atomic E-state index is 3.74. The number of benzene rings is 1. The average molecular weight is 353 g/mol. The van der Waals surface area contributed by atoms with Crippen LogP contribution in [-0.2, 0) is 6.54 Å². The standard InChI is InChI=1S/C18H29BrN2/c1-3-18(4-2,15-19)16-21-12-10-20(11-13-21)14-17-8-6-5-7-9-17/h5-9H,3-4,10-16H2,1-2H3. The van der Waals surface area contributed by atoms with Gasteiger partial charge in [0.1, 0.15) is 0 Å². The van der Waals surface area contributed by atoms with Gasteiger partial charge in [-0.15, -0.1) is 0 Å². The van der Waals surface area contributed by atoms with Gasteiger partial charge >= 0.3 is 0 Å². The van der Waals surface area contributed by atoms with Crippen molar-refractivity contribution in [2.24, 2.45) is 5.41 Å². The van der Waals surface area contributed by atoms with Crippen LogP contribution in [-0.4, -0.2) is 47.9 Å². The van der Waals surface area contributed by atoms with Gasteiger partial charge in [0.05, 0.1) is 0 Å². The Morgan fingerprint density at radius 3 is 2.05 bits per heavy atom. The van der Waals surface area contributed by atoms with Crippen LogP contribution in [0.25, 0.3) is 0 Å². The number of hydrogen-bond donors (Lipinski definition) is 0. The summed E-state index contributed by atoms with van der Waals surface area (Å²) in [5.74, 6) is 0. The van der Waals surface area contributed by atoms with E-state index in [1.165, 1.54) is 51.1 Å². The Balaban J connectivity index is 1.80. The molecule has 0 unspecified atom stereocenters. The second-order valence-electron chi connectivity index (χ2n) is 6.38. The summed E-state index contributed by atoms with van der Waals surface area (Å²) in [5, 5.41) is 1.12. The van der Waals surface area contributed by atoms with E-state index < -0.39 is 0 Å². The molecule has 1 aliphatic rings. The van der Waals surface area contributed by atoms with Gasteiger partial charge in [-0.1, -0.05) is 60.1 Å². The highest BCUT2D eigenvalue weighted by molar-refractivity contribution is 9.09. The Kier molecular flexibility index (Phi) is 6.72. The molecule has 0 saturated carbocycles. The number of halogens is 1. The van der Waals surface area contributed by atoms with Crippen molar-refractivity contribution in [3.63, 3.8) is 0 Å². The molecule has 3 heteroatoms. The molecule has 0 bridgehead atoms. The lowest BCUT2D eigenvalue weighted by Crippen LogP contribution is -2.49. The molecule has 1 heterocycles. The third-order valence-electron chi connectivity index (χ3n) is 5.06. The van der Waals surface area contributed by atoms with Crippen LogP contribution in [0.5, 0.6) is 0 Å². The van der Waals surface area contributed by atoms with Crippen LogP contribution in [0.3, 0.4) is 0 Å². The zero-order valence-corrected chi connectivity index (χ0v) is 15.1. The number of nitrogens with zero attached hydrogens (tertiary/aromatic N) is 2. The summed E-state index contributed by atoms with van der Waals surface area (Å²) in [7, 11) is 0. The minimum atomic E-state index is 0.460. The van der Waals surface area contributed by atoms with Gasteiger partial charge in [0.25, 0.3) is 0 Å². The van der Waals surface area contributed by atoms with Crippen molar-refractivity contribution < 1.29 is 0 Å². The van der Waals surface area contributed by atoms with Crippen molar-refractivity contribution in [2.75, 3.05) is 38.1 Å². The van der Waals surface area contributed by atoms with Crippen LogP contribution in [0.15, 0.2) is 30.3 Å². The van der Waals surface area contributed by atoms with Crippen LogP contribution >= 0.6 is 15.9 Å².